The molecule has 4 aromatic rings. The summed E-state index contributed by atoms with van der Waals surface area (Å²) in [5.41, 5.74) is 1.52. The van der Waals surface area contributed by atoms with Gasteiger partial charge < -0.3 is 9.26 Å². The van der Waals surface area contributed by atoms with Crippen LogP contribution in [0.4, 0.5) is 17.6 Å². The predicted octanol–water partition coefficient (Wildman–Crippen LogP) is 3.76. The number of nitrogens with zero attached hydrogens (tertiary/aromatic N) is 5. The Kier molecular flexibility index (Phi) is 4.21. The van der Waals surface area contributed by atoms with E-state index in [-0.39, 0.29) is 12.2 Å². The summed E-state index contributed by atoms with van der Waals surface area (Å²) in [6.07, 6.45) is -3.17. The molecule has 0 radical (unpaired) electrons. The number of aryl methyl sites for hydroxylation is 1. The maximum Gasteiger partial charge on any atom is 0.471 e. The normalized spacial score (nSPS) is 11.9. The number of halogens is 4. The van der Waals surface area contributed by atoms with E-state index in [1.165, 1.54) is 12.1 Å². The fourth-order valence-electron chi connectivity index (χ4n) is 2.56. The van der Waals surface area contributed by atoms with E-state index < -0.39 is 23.7 Å². The molecule has 0 unspecified atom stereocenters. The largest absolute Gasteiger partial charge is 0.471 e. The Morgan fingerprint density at radius 3 is 2.68 bits per heavy atom. The number of aromatic nitrogens is 5. The minimum absolute atomic E-state index is 0.00555. The molecule has 0 atom stereocenters. The Balaban J connectivity index is 1.53. The standard InChI is InChI=1S/C17H11F4N5O2/c1-26-14-12(3-2-6-22-14)23-16(26)27-8-9-4-5-10(11(18)7-9)13-24-15(28-25-13)17(19,20)21/h2-7H,8H2,1H3. The minimum atomic E-state index is -4.80. The highest BCUT2D eigenvalue weighted by Crippen LogP contribution is 2.30. The van der Waals surface area contributed by atoms with Crippen molar-refractivity contribution >= 4 is 11.2 Å². The van der Waals surface area contributed by atoms with Gasteiger partial charge in [0.2, 0.25) is 5.82 Å². The topological polar surface area (TPSA) is 78.9 Å². The molecular weight excluding hydrogens is 382 g/mol. The smallest absolute Gasteiger partial charge is 0.460 e. The molecule has 0 fully saturated rings. The Morgan fingerprint density at radius 1 is 1.18 bits per heavy atom. The molecule has 0 saturated carbocycles. The van der Waals surface area contributed by atoms with Crippen LogP contribution in [0.15, 0.2) is 41.1 Å². The second-order valence-corrected chi connectivity index (χ2v) is 5.82. The van der Waals surface area contributed by atoms with Crippen LogP contribution in [-0.2, 0) is 19.8 Å². The quantitative estimate of drug-likeness (QED) is 0.492. The number of hydrogen-bond acceptors (Lipinski definition) is 6. The number of fused-ring (bicyclic) bond motifs is 1. The van der Waals surface area contributed by atoms with Gasteiger partial charge in [-0.2, -0.15) is 23.1 Å². The van der Waals surface area contributed by atoms with Crippen LogP contribution in [0.2, 0.25) is 0 Å². The van der Waals surface area contributed by atoms with Gasteiger partial charge in [0.05, 0.1) is 5.56 Å². The minimum Gasteiger partial charge on any atom is -0.460 e. The first-order valence-corrected chi connectivity index (χ1v) is 7.93. The fraction of sp³-hybridized carbons (Fsp3) is 0.176. The van der Waals surface area contributed by atoms with Crippen LogP contribution in [0.3, 0.4) is 0 Å². The third-order valence-electron chi connectivity index (χ3n) is 3.90. The van der Waals surface area contributed by atoms with E-state index in [1.54, 1.807) is 29.9 Å². The molecule has 0 spiro atoms. The van der Waals surface area contributed by atoms with Gasteiger partial charge in [-0.15, -0.1) is 0 Å². The van der Waals surface area contributed by atoms with Gasteiger partial charge >= 0.3 is 12.1 Å². The SMILES string of the molecule is Cn1c(OCc2ccc(-c3noc(C(F)(F)F)n3)c(F)c2)nc2cccnc21. The number of hydrogen-bond donors (Lipinski definition) is 0. The number of ether oxygens (including phenoxy) is 1. The lowest BCUT2D eigenvalue weighted by Crippen LogP contribution is -2.05. The summed E-state index contributed by atoms with van der Waals surface area (Å²) in [5, 5.41) is 3.18. The van der Waals surface area contributed by atoms with Crippen LogP contribution in [0.1, 0.15) is 11.5 Å². The first-order chi connectivity index (χ1) is 13.3. The predicted molar refractivity (Wildman–Crippen MR) is 87.5 cm³/mol. The molecule has 0 bridgehead atoms. The molecule has 0 amide bonds. The number of rotatable bonds is 4. The van der Waals surface area contributed by atoms with Crippen LogP contribution < -0.4 is 4.74 Å². The van der Waals surface area contributed by atoms with E-state index >= 15 is 0 Å². The molecular formula is C17H11F4N5O2. The molecule has 4 rings (SSSR count). The lowest BCUT2D eigenvalue weighted by molar-refractivity contribution is -0.159. The number of benzene rings is 1. The summed E-state index contributed by atoms with van der Waals surface area (Å²) >= 11 is 0. The third-order valence-corrected chi connectivity index (χ3v) is 3.90. The Morgan fingerprint density at radius 2 is 2.00 bits per heavy atom. The zero-order chi connectivity index (χ0) is 19.9. The average Bonchev–Trinajstić information content (AvgIpc) is 3.26. The summed E-state index contributed by atoms with van der Waals surface area (Å²) in [4.78, 5) is 11.7. The van der Waals surface area contributed by atoms with E-state index in [0.717, 1.165) is 6.07 Å². The summed E-state index contributed by atoms with van der Waals surface area (Å²) < 4.78 is 63.3. The van der Waals surface area contributed by atoms with Gasteiger partial charge in [0.25, 0.3) is 6.01 Å². The highest BCUT2D eigenvalue weighted by Gasteiger charge is 2.38. The van der Waals surface area contributed by atoms with Gasteiger partial charge in [-0.3, -0.25) is 4.57 Å². The van der Waals surface area contributed by atoms with Gasteiger partial charge in [-0.05, 0) is 29.8 Å². The molecule has 0 aliphatic heterocycles. The van der Waals surface area contributed by atoms with Crippen LogP contribution in [0, 0.1) is 5.82 Å². The maximum absolute atomic E-state index is 14.3. The Bertz CT molecular complexity index is 1150. The van der Waals surface area contributed by atoms with Crippen molar-refractivity contribution in [3.05, 3.63) is 53.8 Å². The van der Waals surface area contributed by atoms with Crippen LogP contribution in [0.25, 0.3) is 22.6 Å². The van der Waals surface area contributed by atoms with Gasteiger partial charge in [0.15, 0.2) is 5.65 Å². The van der Waals surface area contributed by atoms with Crippen LogP contribution in [-0.4, -0.2) is 24.7 Å². The van der Waals surface area contributed by atoms with Crippen molar-refractivity contribution in [2.75, 3.05) is 0 Å². The first kappa shape index (κ1) is 17.9. The van der Waals surface area contributed by atoms with Crippen molar-refractivity contribution in [1.82, 2.24) is 24.7 Å². The number of pyridine rings is 1. The Hall–Kier alpha value is -3.50. The summed E-state index contributed by atoms with van der Waals surface area (Å²) in [6, 6.07) is 7.70. The zero-order valence-corrected chi connectivity index (χ0v) is 14.2. The van der Waals surface area contributed by atoms with E-state index in [1.807, 2.05) is 0 Å². The van der Waals surface area contributed by atoms with Gasteiger partial charge in [0, 0.05) is 13.2 Å². The van der Waals surface area contributed by atoms with E-state index in [2.05, 4.69) is 24.6 Å². The second kappa shape index (κ2) is 6.59. The molecule has 7 nitrogen and oxygen atoms in total. The molecule has 11 heteroatoms. The monoisotopic (exact) mass is 393 g/mol. The van der Waals surface area contributed by atoms with Gasteiger partial charge in [-0.1, -0.05) is 11.2 Å². The third kappa shape index (κ3) is 3.26. The summed E-state index contributed by atoms with van der Waals surface area (Å²) in [6.45, 7) is -0.00555. The van der Waals surface area contributed by atoms with Gasteiger partial charge in [0.1, 0.15) is 17.9 Å². The molecule has 1 aromatic carbocycles. The van der Waals surface area contributed by atoms with Crippen molar-refractivity contribution in [2.24, 2.45) is 7.05 Å². The number of alkyl halides is 3. The highest BCUT2D eigenvalue weighted by atomic mass is 19.4. The zero-order valence-electron chi connectivity index (χ0n) is 14.2. The molecule has 28 heavy (non-hydrogen) atoms. The lowest BCUT2D eigenvalue weighted by atomic mass is 10.1. The van der Waals surface area contributed by atoms with Crippen molar-refractivity contribution < 1.29 is 26.8 Å². The number of imidazole rings is 1. The Labute approximate surface area is 154 Å². The molecule has 0 N–H and O–H groups in total. The van der Waals surface area contributed by atoms with E-state index in [9.17, 15) is 17.6 Å². The van der Waals surface area contributed by atoms with E-state index in [0.29, 0.717) is 22.7 Å². The maximum atomic E-state index is 14.3. The lowest BCUT2D eigenvalue weighted by Gasteiger charge is -2.07. The molecule has 144 valence electrons. The summed E-state index contributed by atoms with van der Waals surface area (Å²) in [7, 11) is 1.73. The average molecular weight is 393 g/mol. The highest BCUT2D eigenvalue weighted by molar-refractivity contribution is 5.71. The van der Waals surface area contributed by atoms with Crippen molar-refractivity contribution in [1.29, 1.82) is 0 Å². The van der Waals surface area contributed by atoms with Gasteiger partial charge in [-0.25, -0.2) is 9.37 Å². The first-order valence-electron chi connectivity index (χ1n) is 7.93. The van der Waals surface area contributed by atoms with Crippen molar-refractivity contribution in [3.63, 3.8) is 0 Å². The fourth-order valence-corrected chi connectivity index (χ4v) is 2.56. The van der Waals surface area contributed by atoms with Crippen molar-refractivity contribution in [3.8, 4) is 17.4 Å². The summed E-state index contributed by atoms with van der Waals surface area (Å²) in [5.74, 6) is -2.83. The van der Waals surface area contributed by atoms with Crippen LogP contribution in [0.5, 0.6) is 6.01 Å². The molecule has 0 saturated heterocycles. The molecule has 0 aliphatic rings. The van der Waals surface area contributed by atoms with Crippen LogP contribution >= 0.6 is 0 Å². The second-order valence-electron chi connectivity index (χ2n) is 5.82. The molecule has 0 aliphatic carbocycles. The van der Waals surface area contributed by atoms with Crippen molar-refractivity contribution in [2.45, 2.75) is 12.8 Å². The van der Waals surface area contributed by atoms with E-state index in [4.69, 9.17) is 4.74 Å². The molecule has 3 aromatic heterocycles. The molecule has 3 heterocycles.